The molecule has 0 unspecified atom stereocenters. The maximum atomic E-state index is 13.1. The summed E-state index contributed by atoms with van der Waals surface area (Å²) in [6.07, 6.45) is 1.32. The van der Waals surface area contributed by atoms with Gasteiger partial charge in [0.1, 0.15) is 17.5 Å². The summed E-state index contributed by atoms with van der Waals surface area (Å²) in [5, 5.41) is 14.9. The van der Waals surface area contributed by atoms with Crippen LogP contribution in [0.15, 0.2) is 60.2 Å². The van der Waals surface area contributed by atoms with Gasteiger partial charge in [0.15, 0.2) is 18.1 Å². The zero-order valence-electron chi connectivity index (χ0n) is 19.8. The molecule has 3 aromatic carbocycles. The van der Waals surface area contributed by atoms with Gasteiger partial charge in [0.05, 0.1) is 12.1 Å². The monoisotopic (exact) mass is 507 g/mol. The van der Waals surface area contributed by atoms with Crippen LogP contribution in [0.5, 0.6) is 11.5 Å². The third-order valence-corrected chi connectivity index (χ3v) is 5.45. The molecule has 9 heteroatoms. The predicted octanol–water partition coefficient (Wildman–Crippen LogP) is 5.67. The van der Waals surface area contributed by atoms with E-state index in [1.807, 2.05) is 32.0 Å². The van der Waals surface area contributed by atoms with Crippen LogP contribution in [0.2, 0.25) is 5.02 Å². The zero-order valence-corrected chi connectivity index (χ0v) is 20.6. The predicted molar refractivity (Wildman–Crippen MR) is 137 cm³/mol. The van der Waals surface area contributed by atoms with Crippen LogP contribution >= 0.6 is 11.6 Å². The molecule has 0 bridgehead atoms. The van der Waals surface area contributed by atoms with Gasteiger partial charge in [-0.05, 0) is 85.1 Å². The first-order valence-electron chi connectivity index (χ1n) is 10.8. The van der Waals surface area contributed by atoms with Gasteiger partial charge in [-0.2, -0.15) is 5.26 Å². The Bertz CT molecular complexity index is 1360. The topological polar surface area (TPSA) is 100 Å². The SMILES string of the molecule is COc1cc(/C=C(\C#N)C(=O)Nc2ccc(F)cc2)cc(Cl)c1OCC(=O)Nc1ccc(C)c(C)c1. The average Bonchev–Trinajstić information content (AvgIpc) is 2.85. The van der Waals surface area contributed by atoms with Gasteiger partial charge in [-0.15, -0.1) is 0 Å². The van der Waals surface area contributed by atoms with Crippen LogP contribution in [0.25, 0.3) is 6.08 Å². The maximum absolute atomic E-state index is 13.1. The van der Waals surface area contributed by atoms with Gasteiger partial charge in [-0.1, -0.05) is 17.7 Å². The Balaban J connectivity index is 1.73. The highest BCUT2D eigenvalue weighted by Gasteiger charge is 2.16. The summed E-state index contributed by atoms with van der Waals surface area (Å²) < 4.78 is 24.0. The Morgan fingerprint density at radius 3 is 2.36 bits per heavy atom. The number of nitrogens with one attached hydrogen (secondary N) is 2. The molecular formula is C27H23ClFN3O4. The van der Waals surface area contributed by atoms with E-state index < -0.39 is 11.7 Å². The van der Waals surface area contributed by atoms with Crippen molar-refractivity contribution in [2.24, 2.45) is 0 Å². The van der Waals surface area contributed by atoms with E-state index in [1.54, 1.807) is 6.07 Å². The summed E-state index contributed by atoms with van der Waals surface area (Å²) >= 11 is 6.36. The number of carbonyl (C=O) groups excluding carboxylic acids is 2. The number of rotatable bonds is 8. The first-order valence-corrected chi connectivity index (χ1v) is 11.1. The zero-order chi connectivity index (χ0) is 26.2. The number of aryl methyl sites for hydroxylation is 2. The van der Waals surface area contributed by atoms with Crippen molar-refractivity contribution in [1.82, 2.24) is 0 Å². The van der Waals surface area contributed by atoms with Crippen molar-refractivity contribution in [2.45, 2.75) is 13.8 Å². The van der Waals surface area contributed by atoms with E-state index in [-0.39, 0.29) is 34.6 Å². The van der Waals surface area contributed by atoms with E-state index in [4.69, 9.17) is 21.1 Å². The first kappa shape index (κ1) is 26.3. The Kier molecular flexibility index (Phi) is 8.66. The van der Waals surface area contributed by atoms with E-state index in [9.17, 15) is 19.2 Å². The van der Waals surface area contributed by atoms with Gasteiger partial charge in [0.2, 0.25) is 0 Å². The maximum Gasteiger partial charge on any atom is 0.266 e. The Morgan fingerprint density at radius 1 is 1.03 bits per heavy atom. The van der Waals surface area contributed by atoms with Crippen LogP contribution in [0.1, 0.15) is 16.7 Å². The Morgan fingerprint density at radius 2 is 1.72 bits per heavy atom. The number of nitriles is 1. The average molecular weight is 508 g/mol. The van der Waals surface area contributed by atoms with E-state index in [2.05, 4.69) is 10.6 Å². The van der Waals surface area contributed by atoms with Crippen LogP contribution in [0, 0.1) is 31.0 Å². The highest BCUT2D eigenvalue weighted by atomic mass is 35.5. The van der Waals surface area contributed by atoms with Crippen LogP contribution in [-0.4, -0.2) is 25.5 Å². The second-order valence-electron chi connectivity index (χ2n) is 7.80. The molecule has 3 rings (SSSR count). The van der Waals surface area contributed by atoms with Crippen molar-refractivity contribution in [3.8, 4) is 17.6 Å². The highest BCUT2D eigenvalue weighted by molar-refractivity contribution is 6.32. The molecule has 0 saturated carbocycles. The summed E-state index contributed by atoms with van der Waals surface area (Å²) in [4.78, 5) is 24.8. The number of benzene rings is 3. The lowest BCUT2D eigenvalue weighted by molar-refractivity contribution is -0.118. The van der Waals surface area contributed by atoms with Gasteiger partial charge in [-0.3, -0.25) is 9.59 Å². The molecule has 7 nitrogen and oxygen atoms in total. The van der Waals surface area contributed by atoms with Gasteiger partial charge in [0.25, 0.3) is 11.8 Å². The van der Waals surface area contributed by atoms with Gasteiger partial charge in [0, 0.05) is 11.4 Å². The molecule has 184 valence electrons. The summed E-state index contributed by atoms with van der Waals surface area (Å²) in [5.74, 6) is -1.16. The van der Waals surface area contributed by atoms with Crippen molar-refractivity contribution in [2.75, 3.05) is 24.4 Å². The fourth-order valence-corrected chi connectivity index (χ4v) is 3.44. The molecular weight excluding hydrogens is 485 g/mol. The second kappa shape index (κ2) is 11.9. The molecule has 0 atom stereocenters. The van der Waals surface area contributed by atoms with Gasteiger partial charge >= 0.3 is 0 Å². The van der Waals surface area contributed by atoms with Crippen LogP contribution in [-0.2, 0) is 9.59 Å². The standard InChI is InChI=1S/C27H23ClFN3O4/c1-16-4-7-22(10-17(16)2)31-25(33)15-36-26-23(28)12-18(13-24(26)35-3)11-19(14-30)27(34)32-21-8-5-20(29)6-9-21/h4-13H,15H2,1-3H3,(H,31,33)(H,32,34)/b19-11+. The molecule has 2 amide bonds. The summed E-state index contributed by atoms with van der Waals surface area (Å²) in [6.45, 7) is 3.61. The molecule has 0 saturated heterocycles. The fourth-order valence-electron chi connectivity index (χ4n) is 3.16. The summed E-state index contributed by atoms with van der Waals surface area (Å²) in [6, 6.07) is 15.5. The van der Waals surface area contributed by atoms with Crippen molar-refractivity contribution < 1.29 is 23.5 Å². The fraction of sp³-hybridized carbons (Fsp3) is 0.148. The van der Waals surface area contributed by atoms with Crippen molar-refractivity contribution in [3.63, 3.8) is 0 Å². The normalized spacial score (nSPS) is 10.8. The Labute approximate surface area is 213 Å². The number of hydrogen-bond donors (Lipinski definition) is 2. The lowest BCUT2D eigenvalue weighted by Gasteiger charge is -2.14. The molecule has 0 aliphatic rings. The van der Waals surface area contributed by atoms with Crippen molar-refractivity contribution in [1.29, 1.82) is 5.26 Å². The molecule has 0 radical (unpaired) electrons. The van der Waals surface area contributed by atoms with E-state index in [0.29, 0.717) is 16.9 Å². The molecule has 0 fully saturated rings. The molecule has 3 aromatic rings. The summed E-state index contributed by atoms with van der Waals surface area (Å²) in [5.41, 5.74) is 3.33. The second-order valence-corrected chi connectivity index (χ2v) is 8.21. The first-order chi connectivity index (χ1) is 17.2. The number of ether oxygens (including phenoxy) is 2. The number of anilines is 2. The number of hydrogen-bond acceptors (Lipinski definition) is 5. The quantitative estimate of drug-likeness (QED) is 0.302. The van der Waals surface area contributed by atoms with Crippen molar-refractivity contribution in [3.05, 3.63) is 87.7 Å². The number of halogens is 2. The number of amides is 2. The number of methoxy groups -OCH3 is 1. The molecule has 0 aliphatic heterocycles. The molecule has 0 spiro atoms. The third kappa shape index (κ3) is 6.84. The molecule has 36 heavy (non-hydrogen) atoms. The minimum Gasteiger partial charge on any atom is -0.493 e. The minimum atomic E-state index is -0.678. The van der Waals surface area contributed by atoms with Gasteiger partial charge < -0.3 is 20.1 Å². The lowest BCUT2D eigenvalue weighted by atomic mass is 10.1. The van der Waals surface area contributed by atoms with Gasteiger partial charge in [-0.25, -0.2) is 4.39 Å². The molecule has 0 aliphatic carbocycles. The lowest BCUT2D eigenvalue weighted by Crippen LogP contribution is -2.20. The number of nitrogens with zero attached hydrogens (tertiary/aromatic N) is 1. The van der Waals surface area contributed by atoms with E-state index in [0.717, 1.165) is 11.1 Å². The van der Waals surface area contributed by atoms with E-state index in [1.165, 1.54) is 49.6 Å². The molecule has 0 aromatic heterocycles. The van der Waals surface area contributed by atoms with Crippen LogP contribution in [0.4, 0.5) is 15.8 Å². The van der Waals surface area contributed by atoms with E-state index >= 15 is 0 Å². The van der Waals surface area contributed by atoms with Crippen LogP contribution in [0.3, 0.4) is 0 Å². The number of carbonyl (C=O) groups is 2. The van der Waals surface area contributed by atoms with Crippen LogP contribution < -0.4 is 20.1 Å². The Hall–Kier alpha value is -4.35. The minimum absolute atomic E-state index is 0.121. The molecule has 2 N–H and O–H groups in total. The highest BCUT2D eigenvalue weighted by Crippen LogP contribution is 2.37. The molecule has 0 heterocycles. The smallest absolute Gasteiger partial charge is 0.266 e. The van der Waals surface area contributed by atoms with Crippen molar-refractivity contribution >= 4 is 40.9 Å². The largest absolute Gasteiger partial charge is 0.493 e. The summed E-state index contributed by atoms with van der Waals surface area (Å²) in [7, 11) is 1.40. The third-order valence-electron chi connectivity index (χ3n) is 5.17.